The summed E-state index contributed by atoms with van der Waals surface area (Å²) in [7, 11) is 3.23. The molecular weight excluding hydrogens is 492 g/mol. The molecule has 0 amide bonds. The zero-order valence-corrected chi connectivity index (χ0v) is 19.5. The number of benzene rings is 2. The molecule has 1 aliphatic heterocycles. The van der Waals surface area contributed by atoms with E-state index in [-0.39, 0.29) is 11.7 Å². The average Bonchev–Trinajstić information content (AvgIpc) is 2.68. The molecule has 152 valence electrons. The molecule has 1 aliphatic rings. The summed E-state index contributed by atoms with van der Waals surface area (Å²) in [6.45, 7) is 5.68. The Balaban J connectivity index is 0.000000221. The number of hydrogen-bond donors (Lipinski definition) is 0. The van der Waals surface area contributed by atoms with Crippen LogP contribution in [0, 0.1) is 5.41 Å². The zero-order valence-electron chi connectivity index (χ0n) is 16.3. The zero-order chi connectivity index (χ0) is 20.7. The maximum Gasteiger partial charge on any atom is 0.183 e. The molecule has 0 spiro atoms. The van der Waals surface area contributed by atoms with Gasteiger partial charge in [0.2, 0.25) is 0 Å². The molecule has 0 N–H and O–H groups in total. The van der Waals surface area contributed by atoms with Gasteiger partial charge in [-0.05, 0) is 62.2 Å². The second kappa shape index (κ2) is 10.4. The molecule has 28 heavy (non-hydrogen) atoms. The van der Waals surface area contributed by atoms with Crippen LogP contribution in [0.1, 0.15) is 36.1 Å². The van der Waals surface area contributed by atoms with Crippen molar-refractivity contribution in [3.8, 4) is 11.5 Å². The van der Waals surface area contributed by atoms with Crippen LogP contribution in [0.15, 0.2) is 45.3 Å². The molecule has 1 fully saturated rings. The number of ether oxygens (including phenoxy) is 4. The average molecular weight is 516 g/mol. The van der Waals surface area contributed by atoms with Crippen molar-refractivity contribution < 1.29 is 23.7 Å². The Morgan fingerprint density at radius 1 is 0.964 bits per heavy atom. The smallest absolute Gasteiger partial charge is 0.183 e. The number of aldehydes is 1. The van der Waals surface area contributed by atoms with E-state index in [4.69, 9.17) is 18.9 Å². The van der Waals surface area contributed by atoms with Gasteiger partial charge in [0, 0.05) is 16.5 Å². The van der Waals surface area contributed by atoms with E-state index in [1.807, 2.05) is 18.2 Å². The lowest BCUT2D eigenvalue weighted by molar-refractivity contribution is -0.226. The summed E-state index contributed by atoms with van der Waals surface area (Å²) in [5, 5.41) is 0. The Labute approximate surface area is 182 Å². The maximum atomic E-state index is 10.3. The lowest BCUT2D eigenvalue weighted by atomic mass is 9.95. The molecule has 0 unspecified atom stereocenters. The van der Waals surface area contributed by atoms with E-state index in [2.05, 4.69) is 45.7 Å². The van der Waals surface area contributed by atoms with Crippen molar-refractivity contribution in [3.63, 3.8) is 0 Å². The van der Waals surface area contributed by atoms with Crippen LogP contribution in [0.2, 0.25) is 0 Å². The molecule has 2 aromatic carbocycles. The molecule has 2 aromatic rings. The number of methoxy groups -OCH3 is 2. The van der Waals surface area contributed by atoms with Gasteiger partial charge in [0.25, 0.3) is 0 Å². The van der Waals surface area contributed by atoms with Crippen molar-refractivity contribution in [1.82, 2.24) is 0 Å². The van der Waals surface area contributed by atoms with Crippen molar-refractivity contribution in [2.45, 2.75) is 20.1 Å². The molecule has 5 nitrogen and oxygen atoms in total. The Kier molecular flexibility index (Phi) is 8.49. The number of carbonyl (C=O) groups is 1. The third-order valence-electron chi connectivity index (χ3n) is 4.01. The minimum Gasteiger partial charge on any atom is -0.496 e. The van der Waals surface area contributed by atoms with E-state index in [0.717, 1.165) is 32.3 Å². The van der Waals surface area contributed by atoms with E-state index >= 15 is 0 Å². The first-order valence-electron chi connectivity index (χ1n) is 8.65. The van der Waals surface area contributed by atoms with E-state index < -0.39 is 0 Å². The van der Waals surface area contributed by atoms with Gasteiger partial charge in [0.15, 0.2) is 6.29 Å². The van der Waals surface area contributed by atoms with Gasteiger partial charge in [-0.3, -0.25) is 4.79 Å². The molecule has 7 heteroatoms. The summed E-state index contributed by atoms with van der Waals surface area (Å²) in [6, 6.07) is 11.0. The highest BCUT2D eigenvalue weighted by atomic mass is 79.9. The summed E-state index contributed by atoms with van der Waals surface area (Å²) < 4.78 is 23.3. The quantitative estimate of drug-likeness (QED) is 0.481. The molecule has 0 saturated carbocycles. The van der Waals surface area contributed by atoms with Crippen molar-refractivity contribution in [1.29, 1.82) is 0 Å². The van der Waals surface area contributed by atoms with Crippen LogP contribution >= 0.6 is 31.9 Å². The van der Waals surface area contributed by atoms with Gasteiger partial charge in [0.1, 0.15) is 17.8 Å². The molecule has 0 bridgehead atoms. The molecule has 0 radical (unpaired) electrons. The number of halogens is 2. The van der Waals surface area contributed by atoms with Crippen LogP contribution in [0.4, 0.5) is 0 Å². The van der Waals surface area contributed by atoms with E-state index in [9.17, 15) is 4.79 Å². The predicted octanol–water partition coefficient (Wildman–Crippen LogP) is 5.80. The first-order chi connectivity index (χ1) is 13.3. The Morgan fingerprint density at radius 2 is 1.50 bits per heavy atom. The highest BCUT2D eigenvalue weighted by molar-refractivity contribution is 9.10. The van der Waals surface area contributed by atoms with E-state index in [0.29, 0.717) is 18.8 Å². The Morgan fingerprint density at radius 3 is 1.96 bits per heavy atom. The normalized spacial score (nSPS) is 15.9. The summed E-state index contributed by atoms with van der Waals surface area (Å²) in [4.78, 5) is 10.3. The summed E-state index contributed by atoms with van der Waals surface area (Å²) in [6.07, 6.45) is 0.523. The Bertz CT molecular complexity index is 797. The highest BCUT2D eigenvalue weighted by Crippen LogP contribution is 2.34. The minimum absolute atomic E-state index is 0.0974. The first-order valence-corrected chi connectivity index (χ1v) is 10.2. The van der Waals surface area contributed by atoms with Gasteiger partial charge in [-0.1, -0.05) is 19.9 Å². The third kappa shape index (κ3) is 6.30. The van der Waals surface area contributed by atoms with Gasteiger partial charge < -0.3 is 18.9 Å². The molecular formula is C21H24Br2O5. The van der Waals surface area contributed by atoms with E-state index in [1.54, 1.807) is 32.4 Å². The second-order valence-corrected chi connectivity index (χ2v) is 8.73. The SMILES string of the molecule is COc1ccc(C2OCC(C)(C)CO2)cc1Br.COc1ccc(C=O)cc1Br. The molecule has 3 rings (SSSR count). The van der Waals surface area contributed by atoms with Crippen molar-refractivity contribution >= 4 is 38.1 Å². The highest BCUT2D eigenvalue weighted by Gasteiger charge is 2.29. The lowest BCUT2D eigenvalue weighted by Crippen LogP contribution is -2.33. The van der Waals surface area contributed by atoms with Crippen molar-refractivity contribution in [2.24, 2.45) is 5.41 Å². The van der Waals surface area contributed by atoms with Crippen LogP contribution < -0.4 is 9.47 Å². The largest absolute Gasteiger partial charge is 0.496 e. The summed E-state index contributed by atoms with van der Waals surface area (Å²) in [5.74, 6) is 1.54. The van der Waals surface area contributed by atoms with Crippen molar-refractivity contribution in [2.75, 3.05) is 27.4 Å². The van der Waals surface area contributed by atoms with Gasteiger partial charge in [-0.15, -0.1) is 0 Å². The van der Waals surface area contributed by atoms with Gasteiger partial charge >= 0.3 is 0 Å². The summed E-state index contributed by atoms with van der Waals surface area (Å²) >= 11 is 6.72. The van der Waals surface area contributed by atoms with Gasteiger partial charge in [-0.2, -0.15) is 0 Å². The monoisotopic (exact) mass is 514 g/mol. The lowest BCUT2D eigenvalue weighted by Gasteiger charge is -2.34. The predicted molar refractivity (Wildman–Crippen MR) is 115 cm³/mol. The number of rotatable bonds is 4. The molecule has 0 aromatic heterocycles. The maximum absolute atomic E-state index is 10.3. The van der Waals surface area contributed by atoms with Gasteiger partial charge in [0.05, 0.1) is 36.4 Å². The van der Waals surface area contributed by atoms with Crippen LogP contribution in [-0.2, 0) is 9.47 Å². The van der Waals surface area contributed by atoms with E-state index in [1.165, 1.54) is 0 Å². The fourth-order valence-electron chi connectivity index (χ4n) is 2.47. The molecule has 1 heterocycles. The van der Waals surface area contributed by atoms with Crippen molar-refractivity contribution in [3.05, 3.63) is 56.5 Å². The minimum atomic E-state index is -0.273. The van der Waals surface area contributed by atoms with Crippen LogP contribution in [0.25, 0.3) is 0 Å². The van der Waals surface area contributed by atoms with Crippen LogP contribution in [0.3, 0.4) is 0 Å². The number of hydrogen-bond acceptors (Lipinski definition) is 5. The third-order valence-corrected chi connectivity index (χ3v) is 5.25. The first kappa shape index (κ1) is 22.9. The summed E-state index contributed by atoms with van der Waals surface area (Å²) in [5.41, 5.74) is 1.74. The fraction of sp³-hybridized carbons (Fsp3) is 0.381. The molecule has 0 atom stereocenters. The standard InChI is InChI=1S/C13H17BrO3.C8H7BrO2/c1-13(2)7-16-12(17-8-13)9-4-5-11(15-3)10(14)6-9;1-11-8-3-2-6(5-10)4-7(8)9/h4-6,12H,7-8H2,1-3H3;2-5H,1H3. The topological polar surface area (TPSA) is 54.0 Å². The fourth-order valence-corrected chi connectivity index (χ4v) is 3.59. The Hall–Kier alpha value is -1.41. The second-order valence-electron chi connectivity index (χ2n) is 7.02. The molecule has 0 aliphatic carbocycles. The molecule has 1 saturated heterocycles. The van der Waals surface area contributed by atoms with Crippen LogP contribution in [-0.4, -0.2) is 33.7 Å². The van der Waals surface area contributed by atoms with Crippen LogP contribution in [0.5, 0.6) is 11.5 Å². The van der Waals surface area contributed by atoms with Gasteiger partial charge in [-0.25, -0.2) is 0 Å². The number of carbonyl (C=O) groups excluding carboxylic acids is 1.